The highest BCUT2D eigenvalue weighted by Crippen LogP contribution is 2.31. The summed E-state index contributed by atoms with van der Waals surface area (Å²) in [5, 5.41) is 2.77. The van der Waals surface area contributed by atoms with Crippen LogP contribution in [0.3, 0.4) is 0 Å². The predicted molar refractivity (Wildman–Crippen MR) is 121 cm³/mol. The summed E-state index contributed by atoms with van der Waals surface area (Å²) in [6, 6.07) is 13.9. The Labute approximate surface area is 187 Å². The van der Waals surface area contributed by atoms with E-state index in [0.717, 1.165) is 43.9 Å². The summed E-state index contributed by atoms with van der Waals surface area (Å²) < 4.78 is 18.3. The van der Waals surface area contributed by atoms with Crippen molar-refractivity contribution in [1.29, 1.82) is 0 Å². The van der Waals surface area contributed by atoms with Crippen LogP contribution in [0.4, 0.5) is 10.1 Å². The van der Waals surface area contributed by atoms with E-state index < -0.39 is 0 Å². The normalized spacial score (nSPS) is 16.5. The molecule has 6 nitrogen and oxygen atoms in total. The molecule has 32 heavy (non-hydrogen) atoms. The number of hydrogen-bond donors (Lipinski definition) is 1. The number of halogens is 1. The van der Waals surface area contributed by atoms with Gasteiger partial charge in [-0.3, -0.25) is 9.69 Å². The molecule has 0 spiro atoms. The van der Waals surface area contributed by atoms with Gasteiger partial charge in [-0.05, 0) is 68.3 Å². The second-order valence-electron chi connectivity index (χ2n) is 8.02. The molecule has 2 heterocycles. The van der Waals surface area contributed by atoms with Crippen molar-refractivity contribution in [2.75, 3.05) is 19.0 Å². The number of nitrogens with one attached hydrogen (secondary N) is 1. The Morgan fingerprint density at radius 3 is 2.59 bits per heavy atom. The van der Waals surface area contributed by atoms with Gasteiger partial charge in [0.1, 0.15) is 17.4 Å². The lowest BCUT2D eigenvalue weighted by Crippen LogP contribution is -2.34. The summed E-state index contributed by atoms with van der Waals surface area (Å²) in [5.41, 5.74) is 2.78. The molecule has 1 aliphatic heterocycles. The van der Waals surface area contributed by atoms with Crippen molar-refractivity contribution in [2.45, 2.75) is 38.8 Å². The molecule has 0 saturated carbocycles. The molecular weight excluding hydrogens is 407 g/mol. The number of anilines is 1. The molecule has 1 amide bonds. The number of aromatic nitrogens is 2. The quantitative estimate of drug-likeness (QED) is 0.597. The van der Waals surface area contributed by atoms with Gasteiger partial charge in [0, 0.05) is 18.4 Å². The Bertz CT molecular complexity index is 1070. The van der Waals surface area contributed by atoms with E-state index in [4.69, 9.17) is 9.72 Å². The number of hydrogen-bond acceptors (Lipinski definition) is 5. The van der Waals surface area contributed by atoms with Crippen LogP contribution < -0.4 is 10.1 Å². The van der Waals surface area contributed by atoms with Gasteiger partial charge >= 0.3 is 0 Å². The Morgan fingerprint density at radius 2 is 1.91 bits per heavy atom. The second-order valence-corrected chi connectivity index (χ2v) is 8.02. The van der Waals surface area contributed by atoms with Gasteiger partial charge in [0.05, 0.1) is 24.4 Å². The van der Waals surface area contributed by atoms with Gasteiger partial charge in [0.25, 0.3) is 5.91 Å². The summed E-state index contributed by atoms with van der Waals surface area (Å²) in [6.45, 7) is 3.61. The highest BCUT2D eigenvalue weighted by Gasteiger charge is 2.27. The van der Waals surface area contributed by atoms with E-state index in [1.54, 1.807) is 13.3 Å². The van der Waals surface area contributed by atoms with Crippen molar-refractivity contribution in [3.8, 4) is 5.75 Å². The average Bonchev–Trinajstić information content (AvgIpc) is 2.81. The zero-order valence-corrected chi connectivity index (χ0v) is 18.3. The monoisotopic (exact) mass is 434 g/mol. The third kappa shape index (κ3) is 5.11. The number of methoxy groups -OCH3 is 1. The number of likely N-dealkylation sites (tertiary alicyclic amines) is 1. The smallest absolute Gasteiger partial charge is 0.259 e. The summed E-state index contributed by atoms with van der Waals surface area (Å²) >= 11 is 0. The molecule has 166 valence electrons. The van der Waals surface area contributed by atoms with Crippen molar-refractivity contribution in [3.05, 3.63) is 83.2 Å². The number of carbonyl (C=O) groups is 1. The first-order valence-corrected chi connectivity index (χ1v) is 10.8. The Balaban J connectivity index is 1.49. The van der Waals surface area contributed by atoms with E-state index in [2.05, 4.69) is 27.3 Å². The molecule has 7 heteroatoms. The Morgan fingerprint density at radius 1 is 1.16 bits per heavy atom. The molecule has 0 unspecified atom stereocenters. The van der Waals surface area contributed by atoms with Gasteiger partial charge in [-0.1, -0.05) is 18.6 Å². The van der Waals surface area contributed by atoms with E-state index in [1.807, 2.05) is 19.1 Å². The molecule has 2 aromatic carbocycles. The van der Waals surface area contributed by atoms with Crippen LogP contribution in [0.15, 0.2) is 54.7 Å². The fourth-order valence-corrected chi connectivity index (χ4v) is 4.04. The van der Waals surface area contributed by atoms with Gasteiger partial charge < -0.3 is 10.1 Å². The van der Waals surface area contributed by atoms with Crippen molar-refractivity contribution in [2.24, 2.45) is 0 Å². The summed E-state index contributed by atoms with van der Waals surface area (Å²) in [7, 11) is 1.67. The molecule has 1 aromatic heterocycles. The number of aryl methyl sites for hydroxylation is 1. The van der Waals surface area contributed by atoms with Crippen LogP contribution in [-0.2, 0) is 6.54 Å². The highest BCUT2D eigenvalue weighted by molar-refractivity contribution is 6.04. The van der Waals surface area contributed by atoms with Gasteiger partial charge in [-0.15, -0.1) is 0 Å². The first kappa shape index (κ1) is 21.9. The minimum Gasteiger partial charge on any atom is -0.497 e. The van der Waals surface area contributed by atoms with Crippen LogP contribution in [0.25, 0.3) is 0 Å². The van der Waals surface area contributed by atoms with Crippen LogP contribution in [0.1, 0.15) is 52.7 Å². The fourth-order valence-electron chi connectivity index (χ4n) is 4.04. The van der Waals surface area contributed by atoms with E-state index in [-0.39, 0.29) is 17.8 Å². The van der Waals surface area contributed by atoms with Crippen molar-refractivity contribution >= 4 is 11.6 Å². The van der Waals surface area contributed by atoms with Crippen LogP contribution in [0.5, 0.6) is 5.75 Å². The molecule has 1 atom stereocenters. The molecular formula is C25H27FN4O2. The second kappa shape index (κ2) is 9.87. The number of carbonyl (C=O) groups excluding carboxylic acids is 1. The summed E-state index contributed by atoms with van der Waals surface area (Å²) in [5.74, 6) is 0.935. The third-order valence-electron chi connectivity index (χ3n) is 5.80. The number of nitrogens with zero attached hydrogens (tertiary/aromatic N) is 3. The maximum Gasteiger partial charge on any atom is 0.259 e. The fraction of sp³-hybridized carbons (Fsp3) is 0.320. The first-order chi connectivity index (χ1) is 15.5. The Hall–Kier alpha value is -3.32. The van der Waals surface area contributed by atoms with Crippen molar-refractivity contribution in [3.63, 3.8) is 0 Å². The maximum atomic E-state index is 13.1. The predicted octanol–water partition coefficient (Wildman–Crippen LogP) is 4.91. The van der Waals surface area contributed by atoms with Crippen LogP contribution >= 0.6 is 0 Å². The van der Waals surface area contributed by atoms with Crippen molar-refractivity contribution in [1.82, 2.24) is 14.9 Å². The van der Waals surface area contributed by atoms with E-state index in [1.165, 1.54) is 29.8 Å². The topological polar surface area (TPSA) is 67.3 Å². The molecule has 0 aliphatic carbocycles. The molecule has 3 aromatic rings. The number of piperidine rings is 1. The highest BCUT2D eigenvalue weighted by atomic mass is 19.1. The Kier molecular flexibility index (Phi) is 6.75. The van der Waals surface area contributed by atoms with Gasteiger partial charge in [0.2, 0.25) is 0 Å². The lowest BCUT2D eigenvalue weighted by molar-refractivity contribution is 0.102. The lowest BCUT2D eigenvalue weighted by Gasteiger charge is -2.34. The van der Waals surface area contributed by atoms with Crippen LogP contribution in [-0.4, -0.2) is 34.4 Å². The molecule has 0 bridgehead atoms. The zero-order valence-electron chi connectivity index (χ0n) is 18.3. The number of benzene rings is 2. The maximum absolute atomic E-state index is 13.1. The SMILES string of the molecule is COc1ccc(CN2CCCC[C@H]2c2ncc(C(=O)Nc3ccc(F)cc3)c(C)n2)cc1. The minimum atomic E-state index is -0.349. The minimum absolute atomic E-state index is 0.110. The average molecular weight is 435 g/mol. The molecule has 1 fully saturated rings. The molecule has 1 saturated heterocycles. The van der Waals surface area contributed by atoms with Gasteiger partial charge in [-0.2, -0.15) is 0 Å². The van der Waals surface area contributed by atoms with E-state index in [9.17, 15) is 9.18 Å². The van der Waals surface area contributed by atoms with E-state index in [0.29, 0.717) is 16.9 Å². The summed E-state index contributed by atoms with van der Waals surface area (Å²) in [4.78, 5) is 24.3. The number of rotatable bonds is 6. The van der Waals surface area contributed by atoms with Crippen molar-refractivity contribution < 1.29 is 13.9 Å². The molecule has 0 radical (unpaired) electrons. The van der Waals surface area contributed by atoms with Gasteiger partial charge in [-0.25, -0.2) is 14.4 Å². The third-order valence-corrected chi connectivity index (χ3v) is 5.80. The largest absolute Gasteiger partial charge is 0.497 e. The summed E-state index contributed by atoms with van der Waals surface area (Å²) in [6.07, 6.45) is 4.84. The first-order valence-electron chi connectivity index (χ1n) is 10.8. The molecule has 1 N–H and O–H groups in total. The molecule has 1 aliphatic rings. The number of ether oxygens (including phenoxy) is 1. The van der Waals surface area contributed by atoms with Crippen LogP contribution in [0, 0.1) is 12.7 Å². The van der Waals surface area contributed by atoms with Crippen LogP contribution in [0.2, 0.25) is 0 Å². The van der Waals surface area contributed by atoms with Gasteiger partial charge in [0.15, 0.2) is 0 Å². The standard InChI is InChI=1S/C25H27FN4O2/c1-17-22(25(31)29-20-10-8-19(26)9-11-20)15-27-24(28-17)23-5-3-4-14-30(23)16-18-6-12-21(32-2)13-7-18/h6-13,15,23H,3-5,14,16H2,1-2H3,(H,29,31)/t23-/m0/s1. The van der Waals surface area contributed by atoms with E-state index >= 15 is 0 Å². The molecule has 4 rings (SSSR count). The lowest BCUT2D eigenvalue weighted by atomic mass is 10.00. The zero-order chi connectivity index (χ0) is 22.5. The number of amides is 1.